The summed E-state index contributed by atoms with van der Waals surface area (Å²) in [5.74, 6) is -0.0973. The van der Waals surface area contributed by atoms with E-state index in [1.807, 2.05) is 17.5 Å². The van der Waals surface area contributed by atoms with Gasteiger partial charge in [-0.15, -0.1) is 11.3 Å². The first-order valence-electron chi connectivity index (χ1n) is 4.68. The Hall–Kier alpha value is -0.870. The molecule has 1 saturated carbocycles. The van der Waals surface area contributed by atoms with Gasteiger partial charge < -0.3 is 10.5 Å². The SMILES string of the molecule is CCOC(=O)C1(N)CC1c1cccs1. The summed E-state index contributed by atoms with van der Waals surface area (Å²) in [7, 11) is 0. The number of carbonyl (C=O) groups excluding carboxylic acids is 1. The van der Waals surface area contributed by atoms with Crippen molar-refractivity contribution in [2.24, 2.45) is 5.73 Å². The third kappa shape index (κ3) is 1.44. The molecule has 2 unspecified atom stereocenters. The van der Waals surface area contributed by atoms with Gasteiger partial charge in [0.15, 0.2) is 0 Å². The van der Waals surface area contributed by atoms with E-state index in [0.717, 1.165) is 0 Å². The molecular weight excluding hydrogens is 198 g/mol. The Morgan fingerprint density at radius 1 is 1.86 bits per heavy atom. The molecule has 1 aliphatic rings. The molecule has 4 heteroatoms. The van der Waals surface area contributed by atoms with Crippen LogP contribution < -0.4 is 5.73 Å². The number of ether oxygens (including phenoxy) is 1. The third-order valence-electron chi connectivity index (χ3n) is 2.55. The molecule has 0 aliphatic heterocycles. The topological polar surface area (TPSA) is 52.3 Å². The minimum absolute atomic E-state index is 0.168. The van der Waals surface area contributed by atoms with Crippen molar-refractivity contribution < 1.29 is 9.53 Å². The zero-order valence-corrected chi connectivity index (χ0v) is 8.84. The molecule has 1 aliphatic carbocycles. The smallest absolute Gasteiger partial charge is 0.326 e. The number of thiophene rings is 1. The Bertz CT molecular complexity index is 336. The summed E-state index contributed by atoms with van der Waals surface area (Å²) in [6.07, 6.45) is 0.715. The van der Waals surface area contributed by atoms with E-state index in [4.69, 9.17) is 10.5 Å². The highest BCUT2D eigenvalue weighted by Gasteiger charge is 2.59. The van der Waals surface area contributed by atoms with Gasteiger partial charge in [-0.1, -0.05) is 6.07 Å². The van der Waals surface area contributed by atoms with Gasteiger partial charge in [0, 0.05) is 10.8 Å². The van der Waals surface area contributed by atoms with Crippen LogP contribution in [0.1, 0.15) is 24.1 Å². The lowest BCUT2D eigenvalue weighted by Gasteiger charge is -2.08. The van der Waals surface area contributed by atoms with E-state index in [-0.39, 0.29) is 11.9 Å². The van der Waals surface area contributed by atoms with Crippen LogP contribution >= 0.6 is 11.3 Å². The van der Waals surface area contributed by atoms with Crippen LogP contribution in [-0.4, -0.2) is 18.1 Å². The van der Waals surface area contributed by atoms with Crippen LogP contribution in [0.15, 0.2) is 17.5 Å². The van der Waals surface area contributed by atoms with Crippen LogP contribution in [0.3, 0.4) is 0 Å². The van der Waals surface area contributed by atoms with Crippen LogP contribution in [0.5, 0.6) is 0 Å². The van der Waals surface area contributed by atoms with Crippen molar-refractivity contribution in [3.63, 3.8) is 0 Å². The van der Waals surface area contributed by atoms with Crippen molar-refractivity contribution in [1.29, 1.82) is 0 Å². The Morgan fingerprint density at radius 3 is 3.21 bits per heavy atom. The van der Waals surface area contributed by atoms with Crippen molar-refractivity contribution in [2.45, 2.75) is 24.8 Å². The maximum atomic E-state index is 11.5. The van der Waals surface area contributed by atoms with Crippen molar-refractivity contribution in [1.82, 2.24) is 0 Å². The quantitative estimate of drug-likeness (QED) is 0.771. The maximum absolute atomic E-state index is 11.5. The van der Waals surface area contributed by atoms with Gasteiger partial charge in [0.1, 0.15) is 5.54 Å². The van der Waals surface area contributed by atoms with E-state index in [1.165, 1.54) is 4.88 Å². The maximum Gasteiger partial charge on any atom is 0.326 e. The fourth-order valence-corrected chi connectivity index (χ4v) is 2.54. The number of carbonyl (C=O) groups is 1. The number of hydrogen-bond acceptors (Lipinski definition) is 4. The molecule has 0 spiro atoms. The molecule has 14 heavy (non-hydrogen) atoms. The molecule has 1 aromatic rings. The molecule has 1 aromatic heterocycles. The van der Waals surface area contributed by atoms with E-state index < -0.39 is 5.54 Å². The van der Waals surface area contributed by atoms with E-state index in [9.17, 15) is 4.79 Å². The second-order valence-electron chi connectivity index (χ2n) is 3.53. The highest BCUT2D eigenvalue weighted by atomic mass is 32.1. The molecule has 3 nitrogen and oxygen atoms in total. The van der Waals surface area contributed by atoms with Gasteiger partial charge in [-0.05, 0) is 24.8 Å². The van der Waals surface area contributed by atoms with Gasteiger partial charge in [-0.2, -0.15) is 0 Å². The number of nitrogens with two attached hydrogens (primary N) is 1. The highest BCUT2D eigenvalue weighted by Crippen LogP contribution is 2.51. The van der Waals surface area contributed by atoms with Crippen molar-refractivity contribution in [2.75, 3.05) is 6.61 Å². The first kappa shape index (κ1) is 9.68. The zero-order valence-electron chi connectivity index (χ0n) is 8.03. The van der Waals surface area contributed by atoms with Crippen LogP contribution in [0.25, 0.3) is 0 Å². The van der Waals surface area contributed by atoms with E-state index >= 15 is 0 Å². The average molecular weight is 211 g/mol. The molecule has 2 atom stereocenters. The first-order valence-corrected chi connectivity index (χ1v) is 5.56. The summed E-state index contributed by atoms with van der Waals surface area (Å²) >= 11 is 1.64. The zero-order chi connectivity index (χ0) is 10.2. The Morgan fingerprint density at radius 2 is 2.64 bits per heavy atom. The fourth-order valence-electron chi connectivity index (χ4n) is 1.61. The minimum Gasteiger partial charge on any atom is -0.465 e. The molecule has 1 heterocycles. The van der Waals surface area contributed by atoms with Crippen molar-refractivity contribution in [3.05, 3.63) is 22.4 Å². The summed E-state index contributed by atoms with van der Waals surface area (Å²) in [6.45, 7) is 2.19. The molecule has 0 amide bonds. The monoisotopic (exact) mass is 211 g/mol. The lowest BCUT2D eigenvalue weighted by Crippen LogP contribution is -2.36. The largest absolute Gasteiger partial charge is 0.465 e. The average Bonchev–Trinajstić information content (AvgIpc) is 2.66. The minimum atomic E-state index is -0.749. The van der Waals surface area contributed by atoms with Crippen molar-refractivity contribution >= 4 is 17.3 Å². The predicted molar refractivity (Wildman–Crippen MR) is 55.2 cm³/mol. The van der Waals surface area contributed by atoms with E-state index in [1.54, 1.807) is 18.3 Å². The summed E-state index contributed by atoms with van der Waals surface area (Å²) in [5, 5.41) is 2.00. The fraction of sp³-hybridized carbons (Fsp3) is 0.500. The van der Waals surface area contributed by atoms with Crippen LogP contribution in [-0.2, 0) is 9.53 Å². The molecule has 2 rings (SSSR count). The van der Waals surface area contributed by atoms with E-state index in [0.29, 0.717) is 13.0 Å². The van der Waals surface area contributed by atoms with Crippen LogP contribution in [0, 0.1) is 0 Å². The molecule has 0 bridgehead atoms. The van der Waals surface area contributed by atoms with Gasteiger partial charge >= 0.3 is 5.97 Å². The van der Waals surface area contributed by atoms with Crippen LogP contribution in [0.2, 0.25) is 0 Å². The first-order chi connectivity index (χ1) is 6.68. The molecule has 2 N–H and O–H groups in total. The molecular formula is C10H13NO2S. The number of esters is 1. The summed E-state index contributed by atoms with van der Waals surface area (Å²) < 4.78 is 4.94. The Balaban J connectivity index is 2.06. The standard InChI is InChI=1S/C10H13NO2S/c1-2-13-9(12)10(11)6-7(10)8-4-3-5-14-8/h3-5,7H,2,6,11H2,1H3. The normalized spacial score (nSPS) is 30.0. The van der Waals surface area contributed by atoms with Crippen LogP contribution in [0.4, 0.5) is 0 Å². The molecule has 0 saturated heterocycles. The second kappa shape index (κ2) is 3.37. The van der Waals surface area contributed by atoms with Gasteiger partial charge in [0.05, 0.1) is 6.61 Å². The van der Waals surface area contributed by atoms with Gasteiger partial charge in [0.25, 0.3) is 0 Å². The summed E-state index contributed by atoms with van der Waals surface area (Å²) in [4.78, 5) is 12.7. The van der Waals surface area contributed by atoms with Gasteiger partial charge in [-0.25, -0.2) is 0 Å². The number of hydrogen-bond donors (Lipinski definition) is 1. The predicted octanol–water partition coefficient (Wildman–Crippen LogP) is 1.50. The Labute approximate surface area is 86.9 Å². The van der Waals surface area contributed by atoms with Gasteiger partial charge in [-0.3, -0.25) is 4.79 Å². The summed E-state index contributed by atoms with van der Waals surface area (Å²) in [5.41, 5.74) is 5.19. The molecule has 0 radical (unpaired) electrons. The van der Waals surface area contributed by atoms with Crippen molar-refractivity contribution in [3.8, 4) is 0 Å². The highest BCUT2D eigenvalue weighted by molar-refractivity contribution is 7.10. The second-order valence-corrected chi connectivity index (χ2v) is 4.51. The Kier molecular flexibility index (Phi) is 2.33. The summed E-state index contributed by atoms with van der Waals surface area (Å²) in [6, 6.07) is 3.99. The molecule has 0 aromatic carbocycles. The van der Waals surface area contributed by atoms with E-state index in [2.05, 4.69) is 0 Å². The third-order valence-corrected chi connectivity index (χ3v) is 3.53. The molecule has 1 fully saturated rings. The molecule has 76 valence electrons. The lowest BCUT2D eigenvalue weighted by atomic mass is 10.2. The van der Waals surface area contributed by atoms with Gasteiger partial charge in [0.2, 0.25) is 0 Å². The number of rotatable bonds is 3. The lowest BCUT2D eigenvalue weighted by molar-refractivity contribution is -0.145.